The quantitative estimate of drug-likeness (QED) is 0.223. The number of carbonyl (C=O) groups excluding carboxylic acids is 1. The lowest BCUT2D eigenvalue weighted by atomic mass is 9.87. The summed E-state index contributed by atoms with van der Waals surface area (Å²) in [6.45, 7) is 3.46. The van der Waals surface area contributed by atoms with Gasteiger partial charge < -0.3 is 24.2 Å². The largest absolute Gasteiger partial charge is 0.481 e. The monoisotopic (exact) mass is 709 g/mol. The normalized spacial score (nSPS) is 23.1. The van der Waals surface area contributed by atoms with Crippen molar-refractivity contribution in [1.29, 1.82) is 0 Å². The number of carbonyl (C=O) groups is 2. The van der Waals surface area contributed by atoms with Crippen LogP contribution in [0.3, 0.4) is 0 Å². The zero-order chi connectivity index (χ0) is 36.4. The smallest absolute Gasteiger partial charge is 0.416 e. The van der Waals surface area contributed by atoms with E-state index in [2.05, 4.69) is 9.97 Å². The average molecular weight is 710 g/mol. The third kappa shape index (κ3) is 8.52. The van der Waals surface area contributed by atoms with E-state index in [0.29, 0.717) is 56.9 Å². The van der Waals surface area contributed by atoms with Gasteiger partial charge in [-0.1, -0.05) is 13.8 Å². The van der Waals surface area contributed by atoms with E-state index in [1.165, 1.54) is 0 Å². The predicted octanol–water partition coefficient (Wildman–Crippen LogP) is 8.33. The minimum Gasteiger partial charge on any atom is -0.481 e. The van der Waals surface area contributed by atoms with Gasteiger partial charge in [-0.15, -0.1) is 0 Å². The van der Waals surface area contributed by atoms with Crippen molar-refractivity contribution in [1.82, 2.24) is 19.4 Å². The maximum absolute atomic E-state index is 13.8. The van der Waals surface area contributed by atoms with Crippen molar-refractivity contribution >= 4 is 18.0 Å². The lowest BCUT2D eigenvalue weighted by Crippen LogP contribution is -2.57. The molecule has 3 heterocycles. The zero-order valence-corrected chi connectivity index (χ0v) is 28.0. The molecule has 1 aliphatic heterocycles. The van der Waals surface area contributed by atoms with Gasteiger partial charge in [0, 0.05) is 67.6 Å². The molecule has 0 spiro atoms. The van der Waals surface area contributed by atoms with Crippen LogP contribution in [0.4, 0.5) is 37.1 Å². The number of rotatable bonds is 9. The van der Waals surface area contributed by atoms with Crippen molar-refractivity contribution in [2.45, 2.75) is 108 Å². The number of aliphatic carboxylic acids is 1. The van der Waals surface area contributed by atoms with E-state index in [4.69, 9.17) is 4.74 Å². The summed E-state index contributed by atoms with van der Waals surface area (Å²) in [7, 11) is 1.85. The Labute approximate surface area is 286 Å². The molecule has 1 N–H and O–H groups in total. The van der Waals surface area contributed by atoms with Crippen LogP contribution in [0.5, 0.6) is 0 Å². The maximum atomic E-state index is 13.8. The number of nitrogens with zero attached hydrogens (tertiary/aromatic N) is 5. The maximum Gasteiger partial charge on any atom is 0.416 e. The number of amides is 1. The summed E-state index contributed by atoms with van der Waals surface area (Å²) in [6, 6.07) is 2.24. The topological polar surface area (TPSA) is 101 Å². The van der Waals surface area contributed by atoms with Gasteiger partial charge in [0.25, 0.3) is 0 Å². The number of aryl methyl sites for hydroxylation is 1. The first-order valence-corrected chi connectivity index (χ1v) is 16.8. The molecule has 2 fully saturated rings. The Morgan fingerprint density at radius 1 is 0.900 bits per heavy atom. The number of halogens is 6. The van der Waals surface area contributed by atoms with Gasteiger partial charge in [0.15, 0.2) is 0 Å². The lowest BCUT2D eigenvalue weighted by molar-refractivity contribution is -0.144. The van der Waals surface area contributed by atoms with Crippen molar-refractivity contribution in [2.24, 2.45) is 13.0 Å². The van der Waals surface area contributed by atoms with E-state index in [-0.39, 0.29) is 36.2 Å². The van der Waals surface area contributed by atoms with E-state index < -0.39 is 53.6 Å². The first-order chi connectivity index (χ1) is 23.6. The molecule has 1 aromatic carbocycles. The SMILES string of the molecule is CC[C@@H]1C[C@H](N(Cc2cc(C(F)(F)F)cc(C(F)(F)F)c2)c2ncc(-c3ccn(C)c3)cn2)C[C@H](CC)N1C(=O)O[C@H]1CC[C@@H](C(=O)O)CC1. The average Bonchev–Trinajstić information content (AvgIpc) is 3.52. The minimum atomic E-state index is -5.01. The molecule has 272 valence electrons. The van der Waals surface area contributed by atoms with Crippen molar-refractivity contribution in [3.8, 4) is 11.1 Å². The number of likely N-dealkylation sites (tertiary alicyclic amines) is 1. The fourth-order valence-corrected chi connectivity index (χ4v) is 7.12. The number of carboxylic acid groups (broad SMARTS) is 1. The van der Waals surface area contributed by atoms with Gasteiger partial charge in [-0.2, -0.15) is 26.3 Å². The van der Waals surface area contributed by atoms with Crippen LogP contribution in [0.2, 0.25) is 0 Å². The molecule has 2 aromatic heterocycles. The summed E-state index contributed by atoms with van der Waals surface area (Å²) in [5.41, 5.74) is -1.51. The van der Waals surface area contributed by atoms with Gasteiger partial charge in [0.05, 0.1) is 17.0 Å². The predicted molar refractivity (Wildman–Crippen MR) is 172 cm³/mol. The van der Waals surface area contributed by atoms with Gasteiger partial charge in [-0.25, -0.2) is 14.8 Å². The highest BCUT2D eigenvalue weighted by Gasteiger charge is 2.42. The third-order valence-corrected chi connectivity index (χ3v) is 9.82. The van der Waals surface area contributed by atoms with E-state index >= 15 is 0 Å². The molecule has 0 unspecified atom stereocenters. The summed E-state index contributed by atoms with van der Waals surface area (Å²) < 4.78 is 90.6. The first kappa shape index (κ1) is 37.0. The minimum absolute atomic E-state index is 0.109. The Morgan fingerprint density at radius 2 is 1.46 bits per heavy atom. The molecule has 3 atom stereocenters. The molecule has 0 bridgehead atoms. The number of alkyl halides is 6. The Bertz CT molecular complexity index is 1590. The lowest BCUT2D eigenvalue weighted by Gasteiger charge is -2.47. The van der Waals surface area contributed by atoms with Gasteiger partial charge in [-0.3, -0.25) is 4.79 Å². The summed E-state index contributed by atoms with van der Waals surface area (Å²) in [6.07, 6.45) is -0.704. The molecule has 5 rings (SSSR count). The molecular formula is C35H41F6N5O4. The molecule has 2 aliphatic rings. The molecule has 1 saturated heterocycles. The number of ether oxygens (including phenoxy) is 1. The van der Waals surface area contributed by atoms with Gasteiger partial charge in [0.2, 0.25) is 5.95 Å². The first-order valence-electron chi connectivity index (χ1n) is 16.8. The number of hydrogen-bond acceptors (Lipinski definition) is 6. The number of hydrogen-bond donors (Lipinski definition) is 1. The Balaban J connectivity index is 1.46. The molecule has 50 heavy (non-hydrogen) atoms. The Morgan fingerprint density at radius 3 is 1.92 bits per heavy atom. The van der Waals surface area contributed by atoms with Crippen molar-refractivity contribution in [3.63, 3.8) is 0 Å². The van der Waals surface area contributed by atoms with E-state index in [0.717, 1.165) is 17.7 Å². The van der Waals surface area contributed by atoms with Crippen molar-refractivity contribution in [2.75, 3.05) is 4.90 Å². The Kier molecular flexibility index (Phi) is 11.0. The van der Waals surface area contributed by atoms with Crippen LogP contribution in [0.1, 0.15) is 81.9 Å². The molecular weight excluding hydrogens is 668 g/mol. The van der Waals surface area contributed by atoms with Gasteiger partial charge in [0.1, 0.15) is 6.10 Å². The second kappa shape index (κ2) is 14.9. The van der Waals surface area contributed by atoms with Crippen molar-refractivity contribution in [3.05, 3.63) is 65.7 Å². The summed E-state index contributed by atoms with van der Waals surface area (Å²) >= 11 is 0. The second-order valence-corrected chi connectivity index (χ2v) is 13.2. The highest BCUT2D eigenvalue weighted by Crippen LogP contribution is 2.39. The van der Waals surface area contributed by atoms with Crippen molar-refractivity contribution < 1.29 is 45.8 Å². The van der Waals surface area contributed by atoms with Crippen LogP contribution in [-0.4, -0.2) is 60.8 Å². The highest BCUT2D eigenvalue weighted by molar-refractivity contribution is 5.70. The molecule has 3 aromatic rings. The van der Waals surface area contributed by atoms with Crippen LogP contribution in [0, 0.1) is 5.92 Å². The molecule has 15 heteroatoms. The van der Waals surface area contributed by atoms with Crippen LogP contribution < -0.4 is 4.90 Å². The van der Waals surface area contributed by atoms with E-state index in [1.54, 1.807) is 22.2 Å². The third-order valence-electron chi connectivity index (χ3n) is 9.82. The van der Waals surface area contributed by atoms with Gasteiger partial charge in [-0.05, 0) is 81.2 Å². The number of aromatic nitrogens is 3. The summed E-state index contributed by atoms with van der Waals surface area (Å²) in [5.74, 6) is -1.19. The summed E-state index contributed by atoms with van der Waals surface area (Å²) in [5, 5.41) is 9.32. The van der Waals surface area contributed by atoms with E-state index in [1.807, 2.05) is 43.9 Å². The van der Waals surface area contributed by atoms with Crippen LogP contribution in [0.25, 0.3) is 11.1 Å². The molecule has 9 nitrogen and oxygen atoms in total. The van der Waals surface area contributed by atoms with Crippen LogP contribution >= 0.6 is 0 Å². The highest BCUT2D eigenvalue weighted by atomic mass is 19.4. The van der Waals surface area contributed by atoms with Crippen LogP contribution in [-0.2, 0) is 35.5 Å². The fraction of sp³-hybridized carbons (Fsp3) is 0.543. The zero-order valence-electron chi connectivity index (χ0n) is 28.0. The number of piperidine rings is 1. The Hall–Kier alpha value is -4.30. The van der Waals surface area contributed by atoms with Gasteiger partial charge >= 0.3 is 24.4 Å². The molecule has 0 radical (unpaired) electrons. The number of benzene rings is 1. The van der Waals surface area contributed by atoms with E-state index in [9.17, 15) is 41.0 Å². The number of anilines is 1. The van der Waals surface area contributed by atoms with Crippen LogP contribution in [0.15, 0.2) is 49.1 Å². The number of carboxylic acids is 1. The molecule has 1 aliphatic carbocycles. The standard InChI is InChI=1S/C35H41F6N5O4/c1-4-27-15-29(16-28(5-2)46(27)33(49)50-30-8-6-22(7-9-30)31(47)48)45(32-42-17-24(18-43-32)23-10-11-44(3)20-23)19-21-12-25(34(36,37)38)14-26(13-21)35(39,40)41/h10-14,17-18,20,22,27-30H,4-9,15-16,19H2,1-3H3,(H,47,48)/t22-,27-,28+,29+,30+. The fourth-order valence-electron chi connectivity index (χ4n) is 7.12. The second-order valence-electron chi connectivity index (χ2n) is 13.2. The molecule has 1 saturated carbocycles. The molecule has 1 amide bonds. The summed E-state index contributed by atoms with van der Waals surface area (Å²) in [4.78, 5) is 37.4.